The second-order valence-corrected chi connectivity index (χ2v) is 9.39. The molecule has 2 unspecified atom stereocenters. The molecule has 138 valence electrons. The predicted molar refractivity (Wildman–Crippen MR) is 96.3 cm³/mol. The molecule has 1 aromatic heterocycles. The van der Waals surface area contributed by atoms with Crippen LogP contribution in [0.3, 0.4) is 0 Å². The summed E-state index contributed by atoms with van der Waals surface area (Å²) >= 11 is 0. The highest BCUT2D eigenvalue weighted by atomic mass is 32.2. The highest BCUT2D eigenvalue weighted by Gasteiger charge is 2.20. The van der Waals surface area contributed by atoms with Gasteiger partial charge in [0, 0.05) is 6.20 Å². The van der Waals surface area contributed by atoms with Crippen molar-refractivity contribution in [1.82, 2.24) is 14.5 Å². The maximum atomic E-state index is 11.9. The quantitative estimate of drug-likeness (QED) is 0.735. The largest absolute Gasteiger partial charge is 0.285 e. The average Bonchev–Trinajstić information content (AvgIpc) is 2.83. The summed E-state index contributed by atoms with van der Waals surface area (Å²) < 4.78 is 26.1. The van der Waals surface area contributed by atoms with Gasteiger partial charge in [-0.2, -0.15) is 5.10 Å². The summed E-state index contributed by atoms with van der Waals surface area (Å²) in [4.78, 5) is 11.9. The lowest BCUT2D eigenvalue weighted by atomic mass is 9.89. The molecule has 2 atom stereocenters. The smallest absolute Gasteiger partial charge is 0.269 e. The number of nitrogens with zero attached hydrogens (tertiary/aromatic N) is 2. The Balaban J connectivity index is 2.89. The lowest BCUT2D eigenvalue weighted by Gasteiger charge is -2.24. The van der Waals surface area contributed by atoms with E-state index in [1.165, 1.54) is 0 Å². The van der Waals surface area contributed by atoms with Crippen LogP contribution in [0.1, 0.15) is 70.4 Å². The van der Waals surface area contributed by atoms with Crippen LogP contribution in [0.4, 0.5) is 0 Å². The van der Waals surface area contributed by atoms with Gasteiger partial charge >= 0.3 is 0 Å². The molecule has 0 aromatic carbocycles. The molecule has 0 radical (unpaired) electrons. The van der Waals surface area contributed by atoms with E-state index in [9.17, 15) is 13.2 Å². The molecule has 6 nitrogen and oxygen atoms in total. The fourth-order valence-corrected chi connectivity index (χ4v) is 3.55. The third kappa shape index (κ3) is 7.47. The Bertz CT molecular complexity index is 635. The van der Waals surface area contributed by atoms with E-state index in [-0.39, 0.29) is 11.7 Å². The third-order valence-electron chi connectivity index (χ3n) is 3.78. The zero-order valence-electron chi connectivity index (χ0n) is 15.6. The second-order valence-electron chi connectivity index (χ2n) is 7.64. The number of aromatic nitrogens is 2. The molecule has 1 rings (SSSR count). The molecule has 0 bridgehead atoms. The molecular weight excluding hydrogens is 326 g/mol. The fourth-order valence-electron chi connectivity index (χ4n) is 3.10. The van der Waals surface area contributed by atoms with E-state index in [1.807, 2.05) is 9.40 Å². The number of hydrogen-bond donors (Lipinski definition) is 1. The van der Waals surface area contributed by atoms with Gasteiger partial charge in [-0.1, -0.05) is 34.6 Å². The van der Waals surface area contributed by atoms with E-state index >= 15 is 0 Å². The first kappa shape index (κ1) is 20.7. The molecular formula is C17H31N3O3S. The molecule has 1 amide bonds. The first-order valence-electron chi connectivity index (χ1n) is 8.55. The van der Waals surface area contributed by atoms with Gasteiger partial charge in [0.1, 0.15) is 0 Å². The van der Waals surface area contributed by atoms with Crippen LogP contribution in [0.25, 0.3) is 0 Å². The molecule has 0 aliphatic rings. The van der Waals surface area contributed by atoms with Gasteiger partial charge in [0.15, 0.2) is 5.69 Å². The van der Waals surface area contributed by atoms with E-state index in [0.717, 1.165) is 25.5 Å². The number of carbonyl (C=O) groups is 1. The Hall–Kier alpha value is -1.37. The number of carbonyl (C=O) groups excluding carboxylic acids is 1. The molecule has 0 fully saturated rings. The summed E-state index contributed by atoms with van der Waals surface area (Å²) in [6.07, 6.45) is 5.84. The van der Waals surface area contributed by atoms with Gasteiger partial charge in [-0.05, 0) is 43.1 Å². The standard InChI is InChI=1S/C17H31N3O3S/c1-12(2)9-14(5)11-15(10-13(3)4)20-8-7-16(18-20)17(21)19-24(6,22)23/h7-8,12-15H,9-11H2,1-6H3,(H,19,21). The Morgan fingerprint density at radius 2 is 1.71 bits per heavy atom. The first-order chi connectivity index (χ1) is 11.0. The summed E-state index contributed by atoms with van der Waals surface area (Å²) in [6, 6.07) is 1.78. The van der Waals surface area contributed by atoms with E-state index in [1.54, 1.807) is 12.3 Å². The van der Waals surface area contributed by atoms with Crippen molar-refractivity contribution in [2.24, 2.45) is 17.8 Å². The number of amides is 1. The fraction of sp³-hybridized carbons (Fsp3) is 0.765. The zero-order valence-corrected chi connectivity index (χ0v) is 16.4. The predicted octanol–water partition coefficient (Wildman–Crippen LogP) is 3.23. The molecule has 1 heterocycles. The van der Waals surface area contributed by atoms with Crippen LogP contribution in [0, 0.1) is 17.8 Å². The Labute approximate surface area is 146 Å². The molecule has 24 heavy (non-hydrogen) atoms. The van der Waals surface area contributed by atoms with E-state index < -0.39 is 15.9 Å². The normalized spacial score (nSPS) is 14.8. The average molecular weight is 358 g/mol. The lowest BCUT2D eigenvalue weighted by molar-refractivity contribution is 0.0975. The number of sulfonamides is 1. The summed E-state index contributed by atoms with van der Waals surface area (Å²) in [6.45, 7) is 11.0. The summed E-state index contributed by atoms with van der Waals surface area (Å²) in [5.41, 5.74) is 0.130. The lowest BCUT2D eigenvalue weighted by Crippen LogP contribution is -2.30. The second kappa shape index (κ2) is 8.65. The van der Waals surface area contributed by atoms with Crippen molar-refractivity contribution in [2.75, 3.05) is 6.26 Å². The van der Waals surface area contributed by atoms with Crippen LogP contribution < -0.4 is 4.72 Å². The van der Waals surface area contributed by atoms with E-state index in [2.05, 4.69) is 39.7 Å². The highest BCUT2D eigenvalue weighted by molar-refractivity contribution is 7.89. The molecule has 0 aliphatic carbocycles. The summed E-state index contributed by atoms with van der Waals surface area (Å²) in [7, 11) is -3.58. The van der Waals surface area contributed by atoms with E-state index in [4.69, 9.17) is 0 Å². The molecule has 7 heteroatoms. The van der Waals surface area contributed by atoms with Gasteiger partial charge in [-0.3, -0.25) is 9.48 Å². The Morgan fingerprint density at radius 3 is 2.21 bits per heavy atom. The minimum atomic E-state index is -3.58. The van der Waals surface area contributed by atoms with Gasteiger partial charge in [0.2, 0.25) is 10.0 Å². The molecule has 1 N–H and O–H groups in total. The molecule has 0 saturated carbocycles. The van der Waals surface area contributed by atoms with Crippen molar-refractivity contribution < 1.29 is 13.2 Å². The van der Waals surface area contributed by atoms with Crippen molar-refractivity contribution in [2.45, 2.75) is 59.9 Å². The number of rotatable bonds is 9. The molecule has 0 aliphatic heterocycles. The van der Waals surface area contributed by atoms with Crippen LogP contribution in [0.2, 0.25) is 0 Å². The SMILES string of the molecule is CC(C)CC(C)CC(CC(C)C)n1ccc(C(=O)NS(C)(=O)=O)n1. The van der Waals surface area contributed by atoms with Gasteiger partial charge < -0.3 is 0 Å². The van der Waals surface area contributed by atoms with Crippen LogP contribution in [0.5, 0.6) is 0 Å². The van der Waals surface area contributed by atoms with Crippen LogP contribution in [-0.2, 0) is 10.0 Å². The summed E-state index contributed by atoms with van der Waals surface area (Å²) in [5, 5.41) is 4.32. The number of nitrogens with one attached hydrogen (secondary N) is 1. The minimum Gasteiger partial charge on any atom is -0.269 e. The maximum absolute atomic E-state index is 11.9. The van der Waals surface area contributed by atoms with E-state index in [0.29, 0.717) is 17.8 Å². The molecule has 1 aromatic rings. The van der Waals surface area contributed by atoms with Gasteiger partial charge in [0.25, 0.3) is 5.91 Å². The Morgan fingerprint density at radius 1 is 1.12 bits per heavy atom. The van der Waals surface area contributed by atoms with Gasteiger partial charge in [-0.25, -0.2) is 13.1 Å². The topological polar surface area (TPSA) is 81.1 Å². The number of hydrogen-bond acceptors (Lipinski definition) is 4. The Kier molecular flexibility index (Phi) is 7.45. The highest BCUT2D eigenvalue weighted by Crippen LogP contribution is 2.27. The van der Waals surface area contributed by atoms with Crippen LogP contribution in [0.15, 0.2) is 12.3 Å². The summed E-state index contributed by atoms with van der Waals surface area (Å²) in [5.74, 6) is 1.04. The third-order valence-corrected chi connectivity index (χ3v) is 4.34. The van der Waals surface area contributed by atoms with Crippen molar-refractivity contribution in [3.8, 4) is 0 Å². The van der Waals surface area contributed by atoms with Crippen molar-refractivity contribution in [3.63, 3.8) is 0 Å². The zero-order chi connectivity index (χ0) is 18.5. The monoisotopic (exact) mass is 357 g/mol. The van der Waals surface area contributed by atoms with Crippen molar-refractivity contribution in [3.05, 3.63) is 18.0 Å². The first-order valence-corrected chi connectivity index (χ1v) is 10.4. The van der Waals surface area contributed by atoms with Crippen molar-refractivity contribution >= 4 is 15.9 Å². The van der Waals surface area contributed by atoms with Crippen LogP contribution >= 0.6 is 0 Å². The minimum absolute atomic E-state index is 0.130. The molecule has 0 spiro atoms. The molecule has 0 saturated heterocycles. The van der Waals surface area contributed by atoms with Gasteiger partial charge in [-0.15, -0.1) is 0 Å². The maximum Gasteiger partial charge on any atom is 0.285 e. The van der Waals surface area contributed by atoms with Crippen molar-refractivity contribution in [1.29, 1.82) is 0 Å². The van der Waals surface area contributed by atoms with Crippen LogP contribution in [-0.4, -0.2) is 30.4 Å². The van der Waals surface area contributed by atoms with Gasteiger partial charge in [0.05, 0.1) is 12.3 Å².